The molecule has 1 rings (SSSR count). The maximum Gasteiger partial charge on any atom is 0.328 e. The zero-order chi connectivity index (χ0) is 20.7. The molecule has 2 unspecified atom stereocenters. The summed E-state index contributed by atoms with van der Waals surface area (Å²) in [6.45, 7) is 6.87. The zero-order valence-electron chi connectivity index (χ0n) is 15.4. The molecule has 8 N–H and O–H groups in total. The molecule has 2 atom stereocenters. The number of aromatic nitrogens is 2. The fourth-order valence-electron chi connectivity index (χ4n) is 1.32. The largest absolute Gasteiger partial charge is 0.480 e. The summed E-state index contributed by atoms with van der Waals surface area (Å²) < 4.78 is 5.16. The molecule has 0 saturated carbocycles. The third-order valence-electron chi connectivity index (χ3n) is 2.30. The van der Waals surface area contributed by atoms with Crippen molar-refractivity contribution in [3.63, 3.8) is 0 Å². The number of primary amides is 1. The number of nitrogens with one attached hydrogen (secondary N) is 2. The Labute approximate surface area is 151 Å². The molecule has 150 valence electrons. The number of carboxylic acids is 1. The van der Waals surface area contributed by atoms with Gasteiger partial charge in [-0.25, -0.2) is 9.59 Å². The van der Waals surface area contributed by atoms with Gasteiger partial charge < -0.3 is 36.7 Å². The second kappa shape index (κ2) is 14.6. The Bertz CT molecular complexity index is 544. The van der Waals surface area contributed by atoms with E-state index in [9.17, 15) is 19.5 Å². The number of hydrogen-bond donors (Lipinski definition) is 6. The number of aliphatic hydroxyl groups is 1. The van der Waals surface area contributed by atoms with E-state index in [4.69, 9.17) is 15.3 Å². The number of carbonyl (C=O) groups is 3. The molecular formula is C14H28N6O6. The number of hydrogen-bond acceptors (Lipinski definition) is 8. The fourth-order valence-corrected chi connectivity index (χ4v) is 1.32. The number of nitrogens with two attached hydrogens (primary N) is 2. The van der Waals surface area contributed by atoms with Crippen LogP contribution in [0, 0.1) is 0 Å². The van der Waals surface area contributed by atoms with Gasteiger partial charge in [-0.2, -0.15) is 0 Å². The van der Waals surface area contributed by atoms with Crippen molar-refractivity contribution >= 4 is 17.9 Å². The zero-order valence-corrected chi connectivity index (χ0v) is 15.4. The van der Waals surface area contributed by atoms with Crippen molar-refractivity contribution in [3.05, 3.63) is 11.8 Å². The normalized spacial score (nSPS) is 11.6. The molecule has 0 spiro atoms. The molecule has 0 radical (unpaired) electrons. The van der Waals surface area contributed by atoms with E-state index in [0.29, 0.717) is 18.9 Å². The van der Waals surface area contributed by atoms with Gasteiger partial charge in [0.2, 0.25) is 17.7 Å². The van der Waals surface area contributed by atoms with Crippen LogP contribution in [0.4, 0.5) is 4.79 Å². The molecular weight excluding hydrogens is 348 g/mol. The second-order valence-electron chi connectivity index (χ2n) is 4.62. The quantitative estimate of drug-likeness (QED) is 0.334. The molecule has 26 heavy (non-hydrogen) atoms. The maximum atomic E-state index is 11.5. The molecule has 0 fully saturated rings. The Morgan fingerprint density at radius 1 is 1.23 bits per heavy atom. The Balaban J connectivity index is 0. The molecule has 0 bridgehead atoms. The van der Waals surface area contributed by atoms with Gasteiger partial charge in [-0.1, -0.05) is 13.8 Å². The summed E-state index contributed by atoms with van der Waals surface area (Å²) in [5.74, 6) is -1.14. The summed E-state index contributed by atoms with van der Waals surface area (Å²) in [4.78, 5) is 31.5. The number of urea groups is 1. The van der Waals surface area contributed by atoms with Crippen LogP contribution in [-0.2, 0) is 22.6 Å². The second-order valence-corrected chi connectivity index (χ2v) is 4.62. The van der Waals surface area contributed by atoms with Crippen LogP contribution in [0.5, 0.6) is 0 Å². The Kier molecular flexibility index (Phi) is 14.3. The minimum atomic E-state index is -1.40. The summed E-state index contributed by atoms with van der Waals surface area (Å²) >= 11 is 0. The van der Waals surface area contributed by atoms with E-state index >= 15 is 0 Å². The Morgan fingerprint density at radius 2 is 1.73 bits per heavy atom. The fraction of sp³-hybridized carbons (Fsp3) is 0.643. The van der Waals surface area contributed by atoms with Crippen LogP contribution in [0.25, 0.3) is 0 Å². The summed E-state index contributed by atoms with van der Waals surface area (Å²) in [7, 11) is 0. The van der Waals surface area contributed by atoms with E-state index in [1.165, 1.54) is 13.8 Å². The number of aliphatic carboxylic acids is 1. The van der Waals surface area contributed by atoms with Crippen molar-refractivity contribution in [1.29, 1.82) is 0 Å². The van der Waals surface area contributed by atoms with E-state index in [0.717, 1.165) is 0 Å². The highest BCUT2D eigenvalue weighted by Gasteiger charge is 2.24. The third-order valence-corrected chi connectivity index (χ3v) is 2.30. The van der Waals surface area contributed by atoms with Crippen molar-refractivity contribution in [3.8, 4) is 0 Å². The topological polar surface area (TPSA) is 207 Å². The first kappa shape index (κ1) is 25.5. The van der Waals surface area contributed by atoms with Crippen LogP contribution >= 0.6 is 0 Å². The molecule has 0 aromatic carbocycles. The number of amides is 3. The highest BCUT2D eigenvalue weighted by Crippen LogP contribution is 1.99. The summed E-state index contributed by atoms with van der Waals surface area (Å²) in [6, 6.07) is -2.16. The highest BCUT2D eigenvalue weighted by molar-refractivity contribution is 5.82. The average molecular weight is 376 g/mol. The van der Waals surface area contributed by atoms with Crippen LogP contribution in [0.2, 0.25) is 0 Å². The molecule has 12 nitrogen and oxygen atoms in total. The molecule has 12 heteroatoms. The SMILES string of the molecule is CC.CC(N)=O.CC(O)C(NC(=O)NCc1nnc(CCN)o1)C(=O)O. The Morgan fingerprint density at radius 3 is 2.15 bits per heavy atom. The van der Waals surface area contributed by atoms with Crippen molar-refractivity contribution in [1.82, 2.24) is 20.8 Å². The minimum Gasteiger partial charge on any atom is -0.480 e. The summed E-state index contributed by atoms with van der Waals surface area (Å²) in [5, 5.41) is 29.8. The lowest BCUT2D eigenvalue weighted by Gasteiger charge is -2.16. The number of carboxylic acid groups (broad SMARTS) is 1. The van der Waals surface area contributed by atoms with E-state index < -0.39 is 24.1 Å². The van der Waals surface area contributed by atoms with Gasteiger partial charge in [0.1, 0.15) is 0 Å². The van der Waals surface area contributed by atoms with E-state index in [1.54, 1.807) is 0 Å². The van der Waals surface area contributed by atoms with Crippen molar-refractivity contribution in [2.24, 2.45) is 11.5 Å². The van der Waals surface area contributed by atoms with Gasteiger partial charge in [-0.05, 0) is 6.92 Å². The number of rotatable bonds is 7. The molecule has 1 heterocycles. The lowest BCUT2D eigenvalue weighted by Crippen LogP contribution is -2.51. The smallest absolute Gasteiger partial charge is 0.328 e. The highest BCUT2D eigenvalue weighted by atomic mass is 16.4. The summed E-state index contributed by atoms with van der Waals surface area (Å²) in [6.07, 6.45) is -0.791. The van der Waals surface area contributed by atoms with E-state index in [1.807, 2.05) is 13.8 Å². The van der Waals surface area contributed by atoms with E-state index in [-0.39, 0.29) is 18.3 Å². The average Bonchev–Trinajstić information content (AvgIpc) is 2.99. The molecule has 0 aliphatic rings. The van der Waals surface area contributed by atoms with E-state index in [2.05, 4.69) is 26.6 Å². The number of carbonyl (C=O) groups excluding carboxylic acids is 2. The van der Waals surface area contributed by atoms with Gasteiger partial charge in [-0.15, -0.1) is 10.2 Å². The van der Waals surface area contributed by atoms with Crippen LogP contribution in [-0.4, -0.2) is 57.0 Å². The summed E-state index contributed by atoms with van der Waals surface area (Å²) in [5.41, 5.74) is 9.79. The molecule has 0 saturated heterocycles. The molecule has 1 aromatic heterocycles. The molecule has 3 amide bonds. The Hall–Kier alpha value is -2.73. The van der Waals surface area contributed by atoms with Crippen LogP contribution < -0.4 is 22.1 Å². The number of aliphatic hydroxyl groups excluding tert-OH is 1. The van der Waals surface area contributed by atoms with Crippen LogP contribution in [0.1, 0.15) is 39.5 Å². The first-order valence-electron chi connectivity index (χ1n) is 7.90. The van der Waals surface area contributed by atoms with Gasteiger partial charge in [0.05, 0.1) is 12.6 Å². The van der Waals surface area contributed by atoms with Gasteiger partial charge >= 0.3 is 12.0 Å². The molecule has 0 aliphatic heterocycles. The minimum absolute atomic E-state index is 0.0600. The monoisotopic (exact) mass is 376 g/mol. The third kappa shape index (κ3) is 12.7. The van der Waals surface area contributed by atoms with Crippen LogP contribution in [0.3, 0.4) is 0 Å². The standard InChI is InChI=1S/C10H17N5O5.C2H5NO.C2H6/c1-5(16)8(9(17)18)13-10(19)12-4-7-15-14-6(20-7)2-3-11;1-2(3)4;1-2/h5,8,16H,2-4,11H2,1H3,(H,17,18)(H2,12,13,19);1H3,(H2,3,4);1-2H3. The van der Waals surface area contributed by atoms with Gasteiger partial charge in [0, 0.05) is 19.9 Å². The van der Waals surface area contributed by atoms with Crippen LogP contribution in [0.15, 0.2) is 4.42 Å². The van der Waals surface area contributed by atoms with Crippen molar-refractivity contribution < 1.29 is 29.0 Å². The van der Waals surface area contributed by atoms with Crippen molar-refractivity contribution in [2.45, 2.75) is 52.8 Å². The first-order chi connectivity index (χ1) is 12.2. The lowest BCUT2D eigenvalue weighted by atomic mass is 10.2. The van der Waals surface area contributed by atoms with Gasteiger partial charge in [-0.3, -0.25) is 4.79 Å². The lowest BCUT2D eigenvalue weighted by molar-refractivity contribution is -0.141. The molecule has 1 aromatic rings. The number of nitrogens with zero attached hydrogens (tertiary/aromatic N) is 2. The maximum absolute atomic E-state index is 11.5. The van der Waals surface area contributed by atoms with Gasteiger partial charge in [0.25, 0.3) is 0 Å². The predicted octanol–water partition coefficient (Wildman–Crippen LogP) is -1.28. The van der Waals surface area contributed by atoms with Crippen molar-refractivity contribution in [2.75, 3.05) is 6.54 Å². The van der Waals surface area contributed by atoms with Gasteiger partial charge in [0.15, 0.2) is 6.04 Å². The molecule has 0 aliphatic carbocycles. The first-order valence-corrected chi connectivity index (χ1v) is 7.90. The predicted molar refractivity (Wildman–Crippen MR) is 91.7 cm³/mol.